The molecule has 0 saturated carbocycles. The molecule has 0 amide bonds. The Labute approximate surface area is 91.8 Å². The van der Waals surface area contributed by atoms with E-state index in [2.05, 4.69) is 0 Å². The highest BCUT2D eigenvalue weighted by atomic mass is 32.1. The van der Waals surface area contributed by atoms with Gasteiger partial charge in [0.25, 0.3) is 0 Å². The molecule has 1 aromatic carbocycles. The maximum atomic E-state index is 11.1. The quantitative estimate of drug-likeness (QED) is 0.785. The lowest BCUT2D eigenvalue weighted by molar-refractivity contribution is 0.102. The SMILES string of the molecule is CC(=O)c1ccc(-c2cccc(O)c2)s1. The molecule has 0 radical (unpaired) electrons. The van der Waals surface area contributed by atoms with Crippen molar-refractivity contribution in [1.29, 1.82) is 0 Å². The fraction of sp³-hybridized carbons (Fsp3) is 0.0833. The molecule has 0 unspecified atom stereocenters. The zero-order valence-corrected chi connectivity index (χ0v) is 9.04. The van der Waals surface area contributed by atoms with Crippen molar-refractivity contribution in [2.45, 2.75) is 6.92 Å². The summed E-state index contributed by atoms with van der Waals surface area (Å²) in [5, 5.41) is 9.33. The maximum Gasteiger partial charge on any atom is 0.169 e. The van der Waals surface area contributed by atoms with Crippen molar-refractivity contribution in [2.75, 3.05) is 0 Å². The highest BCUT2D eigenvalue weighted by Gasteiger charge is 2.06. The number of hydrogen-bond donors (Lipinski definition) is 1. The van der Waals surface area contributed by atoms with Gasteiger partial charge in [0.15, 0.2) is 5.78 Å². The number of ketones is 1. The average molecular weight is 218 g/mol. The van der Waals surface area contributed by atoms with Crippen LogP contribution in [-0.4, -0.2) is 10.9 Å². The Morgan fingerprint density at radius 3 is 2.67 bits per heavy atom. The first-order valence-electron chi connectivity index (χ1n) is 4.57. The van der Waals surface area contributed by atoms with E-state index in [1.54, 1.807) is 25.1 Å². The fourth-order valence-corrected chi connectivity index (χ4v) is 2.24. The summed E-state index contributed by atoms with van der Waals surface area (Å²) in [6.07, 6.45) is 0. The molecule has 0 fully saturated rings. The van der Waals surface area contributed by atoms with Crippen LogP contribution in [0.2, 0.25) is 0 Å². The predicted molar refractivity (Wildman–Crippen MR) is 61.4 cm³/mol. The van der Waals surface area contributed by atoms with E-state index >= 15 is 0 Å². The normalized spacial score (nSPS) is 10.2. The number of carbonyl (C=O) groups excluding carboxylic acids is 1. The van der Waals surface area contributed by atoms with E-state index in [-0.39, 0.29) is 11.5 Å². The van der Waals surface area contributed by atoms with Crippen molar-refractivity contribution >= 4 is 17.1 Å². The monoisotopic (exact) mass is 218 g/mol. The number of rotatable bonds is 2. The number of phenols is 1. The van der Waals surface area contributed by atoms with Crippen LogP contribution in [0, 0.1) is 0 Å². The van der Waals surface area contributed by atoms with Gasteiger partial charge in [0, 0.05) is 4.88 Å². The topological polar surface area (TPSA) is 37.3 Å². The van der Waals surface area contributed by atoms with Crippen LogP contribution < -0.4 is 0 Å². The number of carbonyl (C=O) groups is 1. The van der Waals surface area contributed by atoms with Crippen LogP contribution in [0.15, 0.2) is 36.4 Å². The number of phenolic OH excluding ortho intramolecular Hbond substituents is 1. The molecule has 3 heteroatoms. The predicted octanol–water partition coefficient (Wildman–Crippen LogP) is 3.32. The van der Waals surface area contributed by atoms with E-state index < -0.39 is 0 Å². The standard InChI is InChI=1S/C12H10O2S/c1-8(13)11-5-6-12(15-11)9-3-2-4-10(14)7-9/h2-7,14H,1H3. The van der Waals surface area contributed by atoms with Gasteiger partial charge in [-0.1, -0.05) is 12.1 Å². The summed E-state index contributed by atoms with van der Waals surface area (Å²) >= 11 is 1.44. The molecule has 0 spiro atoms. The van der Waals surface area contributed by atoms with Crippen molar-refractivity contribution in [3.05, 3.63) is 41.3 Å². The molecular formula is C12H10O2S. The molecule has 76 valence electrons. The summed E-state index contributed by atoms with van der Waals surface area (Å²) in [4.78, 5) is 12.9. The molecule has 15 heavy (non-hydrogen) atoms. The van der Waals surface area contributed by atoms with E-state index in [1.165, 1.54) is 11.3 Å². The van der Waals surface area contributed by atoms with Crippen LogP contribution in [0.25, 0.3) is 10.4 Å². The molecule has 0 aliphatic carbocycles. The van der Waals surface area contributed by atoms with E-state index in [9.17, 15) is 9.90 Å². The first-order chi connectivity index (χ1) is 7.16. The number of Topliss-reactive ketones (excluding diaryl/α,β-unsaturated/α-hetero) is 1. The third kappa shape index (κ3) is 2.07. The van der Waals surface area contributed by atoms with Gasteiger partial charge in [-0.15, -0.1) is 11.3 Å². The van der Waals surface area contributed by atoms with Gasteiger partial charge in [-0.3, -0.25) is 4.79 Å². The Kier molecular flexibility index (Phi) is 2.56. The summed E-state index contributed by atoms with van der Waals surface area (Å²) in [6, 6.07) is 10.7. The molecule has 2 aromatic rings. The highest BCUT2D eigenvalue weighted by Crippen LogP contribution is 2.30. The molecule has 2 rings (SSSR count). The van der Waals surface area contributed by atoms with Crippen LogP contribution in [0.3, 0.4) is 0 Å². The van der Waals surface area contributed by atoms with Crippen LogP contribution in [0.5, 0.6) is 5.75 Å². The number of thiophene rings is 1. The number of hydrogen-bond acceptors (Lipinski definition) is 3. The minimum absolute atomic E-state index is 0.0754. The molecule has 0 aliphatic rings. The minimum atomic E-state index is 0.0754. The van der Waals surface area contributed by atoms with Gasteiger partial charge in [-0.25, -0.2) is 0 Å². The van der Waals surface area contributed by atoms with Crippen molar-refractivity contribution in [2.24, 2.45) is 0 Å². The maximum absolute atomic E-state index is 11.1. The Morgan fingerprint density at radius 1 is 1.27 bits per heavy atom. The molecule has 1 heterocycles. The van der Waals surface area contributed by atoms with Crippen LogP contribution in [0.4, 0.5) is 0 Å². The summed E-state index contributed by atoms with van der Waals surface area (Å²) in [5.74, 6) is 0.316. The van der Waals surface area contributed by atoms with E-state index in [4.69, 9.17) is 0 Å². The first kappa shape index (κ1) is 9.93. The first-order valence-corrected chi connectivity index (χ1v) is 5.38. The molecule has 0 aliphatic heterocycles. The fourth-order valence-electron chi connectivity index (χ4n) is 1.34. The second-order valence-electron chi connectivity index (χ2n) is 3.27. The Hall–Kier alpha value is -1.61. The molecule has 0 bridgehead atoms. The average Bonchev–Trinajstić information content (AvgIpc) is 2.66. The number of benzene rings is 1. The van der Waals surface area contributed by atoms with Crippen LogP contribution >= 0.6 is 11.3 Å². The molecule has 0 saturated heterocycles. The highest BCUT2D eigenvalue weighted by molar-refractivity contribution is 7.17. The molecule has 1 N–H and O–H groups in total. The Bertz CT molecular complexity index is 500. The molecule has 0 atom stereocenters. The Morgan fingerprint density at radius 2 is 2.07 bits per heavy atom. The second kappa shape index (κ2) is 3.87. The third-order valence-corrected chi connectivity index (χ3v) is 3.32. The van der Waals surface area contributed by atoms with Crippen molar-refractivity contribution in [3.8, 4) is 16.2 Å². The zero-order valence-electron chi connectivity index (χ0n) is 8.23. The minimum Gasteiger partial charge on any atom is -0.508 e. The molecule has 1 aromatic heterocycles. The second-order valence-corrected chi connectivity index (χ2v) is 4.35. The van der Waals surface area contributed by atoms with E-state index in [1.807, 2.05) is 18.2 Å². The van der Waals surface area contributed by atoms with Crippen LogP contribution in [0.1, 0.15) is 16.6 Å². The van der Waals surface area contributed by atoms with Gasteiger partial charge in [-0.2, -0.15) is 0 Å². The Balaban J connectivity index is 2.41. The largest absolute Gasteiger partial charge is 0.508 e. The molecule has 2 nitrogen and oxygen atoms in total. The van der Waals surface area contributed by atoms with Crippen LogP contribution in [-0.2, 0) is 0 Å². The number of aromatic hydroxyl groups is 1. The summed E-state index contributed by atoms with van der Waals surface area (Å²) in [6.45, 7) is 1.55. The smallest absolute Gasteiger partial charge is 0.169 e. The summed E-state index contributed by atoms with van der Waals surface area (Å²) in [5.41, 5.74) is 0.938. The lowest BCUT2D eigenvalue weighted by atomic mass is 10.2. The van der Waals surface area contributed by atoms with Gasteiger partial charge in [0.05, 0.1) is 4.88 Å². The van der Waals surface area contributed by atoms with Crippen molar-refractivity contribution in [1.82, 2.24) is 0 Å². The van der Waals surface area contributed by atoms with Gasteiger partial charge < -0.3 is 5.11 Å². The van der Waals surface area contributed by atoms with E-state index in [0.29, 0.717) is 0 Å². The lowest BCUT2D eigenvalue weighted by Gasteiger charge is -1.97. The van der Waals surface area contributed by atoms with Gasteiger partial charge in [0.2, 0.25) is 0 Å². The molecular weight excluding hydrogens is 208 g/mol. The zero-order chi connectivity index (χ0) is 10.8. The van der Waals surface area contributed by atoms with Gasteiger partial charge in [-0.05, 0) is 36.8 Å². The van der Waals surface area contributed by atoms with E-state index in [0.717, 1.165) is 15.3 Å². The summed E-state index contributed by atoms with van der Waals surface area (Å²) < 4.78 is 0. The third-order valence-electron chi connectivity index (χ3n) is 2.08. The summed E-state index contributed by atoms with van der Waals surface area (Å²) in [7, 11) is 0. The van der Waals surface area contributed by atoms with Gasteiger partial charge in [0.1, 0.15) is 5.75 Å². The lowest BCUT2D eigenvalue weighted by Crippen LogP contribution is -1.83. The van der Waals surface area contributed by atoms with Crippen molar-refractivity contribution < 1.29 is 9.90 Å². The van der Waals surface area contributed by atoms with Gasteiger partial charge >= 0.3 is 0 Å². The van der Waals surface area contributed by atoms with Crippen molar-refractivity contribution in [3.63, 3.8) is 0 Å².